The zero-order valence-electron chi connectivity index (χ0n) is 17.5. The SMILES string of the molecule is CNSCCNc1ccc(-c2ccc(C(F)(F)F)cc2)cc1C(=N)/C=C\NCCOC. The highest BCUT2D eigenvalue weighted by atomic mass is 32.2. The third kappa shape index (κ3) is 7.93. The molecule has 0 saturated heterocycles. The van der Waals surface area contributed by atoms with Crippen LogP contribution in [0.2, 0.25) is 0 Å². The summed E-state index contributed by atoms with van der Waals surface area (Å²) >= 11 is 1.57. The van der Waals surface area contributed by atoms with Gasteiger partial charge in [0.2, 0.25) is 0 Å². The third-order valence-corrected chi connectivity index (χ3v) is 5.03. The second-order valence-electron chi connectivity index (χ2n) is 6.51. The Balaban J connectivity index is 2.26. The lowest BCUT2D eigenvalue weighted by molar-refractivity contribution is -0.137. The molecular weight excluding hydrogens is 425 g/mol. The Kier molecular flexibility index (Phi) is 9.90. The summed E-state index contributed by atoms with van der Waals surface area (Å²) in [5.74, 6) is 0.832. The van der Waals surface area contributed by atoms with Crippen molar-refractivity contribution in [2.24, 2.45) is 0 Å². The normalized spacial score (nSPS) is 11.6. The van der Waals surface area contributed by atoms with Crippen LogP contribution in [0.25, 0.3) is 11.1 Å². The van der Waals surface area contributed by atoms with Crippen molar-refractivity contribution in [2.75, 3.05) is 44.9 Å². The van der Waals surface area contributed by atoms with Crippen molar-refractivity contribution in [3.8, 4) is 11.1 Å². The van der Waals surface area contributed by atoms with Crippen molar-refractivity contribution in [2.45, 2.75) is 6.18 Å². The molecule has 0 aliphatic rings. The molecule has 0 aliphatic carbocycles. The largest absolute Gasteiger partial charge is 0.416 e. The molecule has 0 aliphatic heterocycles. The highest BCUT2D eigenvalue weighted by Crippen LogP contribution is 2.32. The Hall–Kier alpha value is -2.49. The van der Waals surface area contributed by atoms with Crippen molar-refractivity contribution < 1.29 is 17.9 Å². The highest BCUT2D eigenvalue weighted by Gasteiger charge is 2.30. The number of alkyl halides is 3. The number of rotatable bonds is 12. The maximum Gasteiger partial charge on any atom is 0.416 e. The van der Waals surface area contributed by atoms with E-state index in [1.165, 1.54) is 12.1 Å². The Morgan fingerprint density at radius 1 is 1.10 bits per heavy atom. The van der Waals surface area contributed by atoms with Gasteiger partial charge in [0.25, 0.3) is 0 Å². The van der Waals surface area contributed by atoms with Gasteiger partial charge >= 0.3 is 6.18 Å². The van der Waals surface area contributed by atoms with Gasteiger partial charge < -0.3 is 20.8 Å². The molecule has 4 N–H and O–H groups in total. The minimum absolute atomic E-state index is 0.280. The first-order valence-electron chi connectivity index (χ1n) is 9.68. The summed E-state index contributed by atoms with van der Waals surface area (Å²) in [6.45, 7) is 1.87. The molecule has 0 bridgehead atoms. The molecule has 9 heteroatoms. The van der Waals surface area contributed by atoms with Crippen molar-refractivity contribution in [1.82, 2.24) is 10.0 Å². The maximum atomic E-state index is 12.9. The van der Waals surface area contributed by atoms with E-state index in [2.05, 4.69) is 15.4 Å². The quantitative estimate of drug-likeness (QED) is 0.212. The van der Waals surface area contributed by atoms with Crippen LogP contribution in [0.5, 0.6) is 0 Å². The molecule has 0 radical (unpaired) electrons. The van der Waals surface area contributed by atoms with E-state index in [1.807, 2.05) is 25.2 Å². The van der Waals surface area contributed by atoms with Gasteiger partial charge in [0.15, 0.2) is 0 Å². The average Bonchev–Trinajstić information content (AvgIpc) is 2.76. The summed E-state index contributed by atoms with van der Waals surface area (Å²) in [5, 5.41) is 14.8. The second kappa shape index (κ2) is 12.4. The first-order chi connectivity index (χ1) is 14.9. The lowest BCUT2D eigenvalue weighted by Gasteiger charge is -2.14. The predicted molar refractivity (Wildman–Crippen MR) is 123 cm³/mol. The molecule has 0 amide bonds. The van der Waals surface area contributed by atoms with E-state index < -0.39 is 11.7 Å². The van der Waals surface area contributed by atoms with Crippen LogP contribution in [0.4, 0.5) is 18.9 Å². The van der Waals surface area contributed by atoms with Crippen LogP contribution >= 0.6 is 11.9 Å². The Morgan fingerprint density at radius 3 is 2.45 bits per heavy atom. The van der Waals surface area contributed by atoms with Gasteiger partial charge in [0.1, 0.15) is 0 Å². The molecule has 0 saturated carbocycles. The summed E-state index contributed by atoms with van der Waals surface area (Å²) in [7, 11) is 3.47. The van der Waals surface area contributed by atoms with Crippen LogP contribution < -0.4 is 15.4 Å². The average molecular weight is 453 g/mol. The number of nitrogens with one attached hydrogen (secondary N) is 4. The number of hydrogen-bond donors (Lipinski definition) is 4. The first-order valence-corrected chi connectivity index (χ1v) is 10.7. The minimum Gasteiger partial charge on any atom is -0.389 e. The fourth-order valence-electron chi connectivity index (χ4n) is 2.77. The molecule has 2 rings (SSSR count). The predicted octanol–water partition coefficient (Wildman–Crippen LogP) is 4.77. The van der Waals surface area contributed by atoms with Crippen LogP contribution in [0.1, 0.15) is 11.1 Å². The highest BCUT2D eigenvalue weighted by molar-refractivity contribution is 7.97. The van der Waals surface area contributed by atoms with Gasteiger partial charge in [-0.25, -0.2) is 0 Å². The van der Waals surface area contributed by atoms with Crippen LogP contribution in [-0.4, -0.2) is 45.3 Å². The molecule has 2 aromatic rings. The zero-order valence-corrected chi connectivity index (χ0v) is 18.3. The lowest BCUT2D eigenvalue weighted by atomic mass is 9.98. The molecule has 0 fully saturated rings. The van der Waals surface area contributed by atoms with Crippen molar-refractivity contribution >= 4 is 23.3 Å². The Bertz CT molecular complexity index is 870. The molecule has 31 heavy (non-hydrogen) atoms. The molecule has 0 heterocycles. The molecule has 0 unspecified atom stereocenters. The Morgan fingerprint density at radius 2 is 1.81 bits per heavy atom. The van der Waals surface area contributed by atoms with E-state index in [-0.39, 0.29) is 5.71 Å². The minimum atomic E-state index is -4.37. The lowest BCUT2D eigenvalue weighted by Crippen LogP contribution is -2.13. The van der Waals surface area contributed by atoms with E-state index in [1.54, 1.807) is 31.3 Å². The maximum absolute atomic E-state index is 12.9. The Labute approximate surface area is 185 Å². The molecule has 2 aromatic carbocycles. The van der Waals surface area contributed by atoms with E-state index in [4.69, 9.17) is 10.1 Å². The van der Waals surface area contributed by atoms with E-state index >= 15 is 0 Å². The topological polar surface area (TPSA) is 69.2 Å². The van der Waals surface area contributed by atoms with Gasteiger partial charge in [-0.2, -0.15) is 13.2 Å². The number of benzene rings is 2. The van der Waals surface area contributed by atoms with Gasteiger partial charge in [0, 0.05) is 37.2 Å². The van der Waals surface area contributed by atoms with Crippen LogP contribution in [-0.2, 0) is 10.9 Å². The zero-order chi connectivity index (χ0) is 22.7. The molecule has 0 spiro atoms. The second-order valence-corrected chi connectivity index (χ2v) is 7.61. The number of ether oxygens (including phenoxy) is 1. The van der Waals surface area contributed by atoms with Gasteiger partial charge in [-0.3, -0.25) is 4.72 Å². The van der Waals surface area contributed by atoms with Crippen LogP contribution in [0.15, 0.2) is 54.7 Å². The van der Waals surface area contributed by atoms with E-state index in [0.29, 0.717) is 30.8 Å². The summed E-state index contributed by atoms with van der Waals surface area (Å²) in [6, 6.07) is 10.6. The fraction of sp³-hybridized carbons (Fsp3) is 0.318. The van der Waals surface area contributed by atoms with Crippen LogP contribution in [0.3, 0.4) is 0 Å². The smallest absolute Gasteiger partial charge is 0.389 e. The van der Waals surface area contributed by atoms with Gasteiger partial charge in [0.05, 0.1) is 17.9 Å². The number of allylic oxidation sites excluding steroid dienone is 1. The molecule has 0 atom stereocenters. The number of halogens is 3. The van der Waals surface area contributed by atoms with Crippen molar-refractivity contribution in [3.05, 3.63) is 65.9 Å². The summed E-state index contributed by atoms with van der Waals surface area (Å²) in [4.78, 5) is 0. The van der Waals surface area contributed by atoms with Crippen molar-refractivity contribution in [3.63, 3.8) is 0 Å². The number of methoxy groups -OCH3 is 1. The van der Waals surface area contributed by atoms with E-state index in [0.717, 1.165) is 29.1 Å². The van der Waals surface area contributed by atoms with Crippen LogP contribution in [0, 0.1) is 5.41 Å². The number of hydrogen-bond acceptors (Lipinski definition) is 6. The first kappa shape index (κ1) is 24.8. The fourth-order valence-corrected chi connectivity index (χ4v) is 3.18. The summed E-state index contributed by atoms with van der Waals surface area (Å²) in [5.41, 5.74) is 2.44. The van der Waals surface area contributed by atoms with Gasteiger partial charge in [-0.05, 0) is 54.7 Å². The van der Waals surface area contributed by atoms with Gasteiger partial charge in [-0.15, -0.1) is 0 Å². The molecular formula is C22H27F3N4OS. The van der Waals surface area contributed by atoms with E-state index in [9.17, 15) is 13.2 Å². The molecule has 0 aromatic heterocycles. The molecule has 168 valence electrons. The third-order valence-electron chi connectivity index (χ3n) is 4.34. The summed E-state index contributed by atoms with van der Waals surface area (Å²) < 4.78 is 46.5. The number of anilines is 1. The summed E-state index contributed by atoms with van der Waals surface area (Å²) in [6.07, 6.45) is -1.03. The standard InChI is InChI=1S/C22H27F3N4OS/c1-27-31-14-12-29-21-8-5-17(16-3-6-18(7-4-16)22(23,24)25)15-19(21)20(26)9-10-28-11-13-30-2/h3-10,15,26-29H,11-14H2,1-2H3/b10-9-,26-20?. The van der Waals surface area contributed by atoms with Gasteiger partial charge in [-0.1, -0.05) is 30.1 Å². The monoisotopic (exact) mass is 452 g/mol. The van der Waals surface area contributed by atoms with Crippen molar-refractivity contribution in [1.29, 1.82) is 5.41 Å². The molecule has 5 nitrogen and oxygen atoms in total.